The van der Waals surface area contributed by atoms with Gasteiger partial charge in [0.05, 0.1) is 7.11 Å². The Labute approximate surface area is 170 Å². The Morgan fingerprint density at radius 2 is 1.72 bits per heavy atom. The summed E-state index contributed by atoms with van der Waals surface area (Å²) in [5.74, 6) is -0.141. The van der Waals surface area contributed by atoms with Gasteiger partial charge in [-0.2, -0.15) is 0 Å². The predicted molar refractivity (Wildman–Crippen MR) is 113 cm³/mol. The molecule has 152 valence electrons. The van der Waals surface area contributed by atoms with E-state index < -0.39 is 5.91 Å². The molecule has 0 spiro atoms. The molecule has 0 aromatic heterocycles. The van der Waals surface area contributed by atoms with Crippen LogP contribution in [-0.4, -0.2) is 24.0 Å². The first-order valence-electron chi connectivity index (χ1n) is 9.24. The monoisotopic (exact) mass is 394 g/mol. The van der Waals surface area contributed by atoms with Crippen molar-refractivity contribution in [3.8, 4) is 5.75 Å². The first-order valence-corrected chi connectivity index (χ1v) is 9.24. The Morgan fingerprint density at radius 1 is 1.07 bits per heavy atom. The standard InChI is InChI=1S/C23H26N2O4/c1-16(4-13-22(26)25-28)14-17(2)23(27)19-7-9-20(10-8-19)24-15-18-5-11-21(29-3)12-6-18/h4-14,17,24,28H,15H2,1-3H3,(H,25,26)/t17-/m1/s1. The van der Waals surface area contributed by atoms with Gasteiger partial charge in [-0.3, -0.25) is 14.8 Å². The van der Waals surface area contributed by atoms with Crippen LogP contribution in [0.3, 0.4) is 0 Å². The third-order valence-electron chi connectivity index (χ3n) is 4.36. The van der Waals surface area contributed by atoms with Crippen LogP contribution in [0.2, 0.25) is 0 Å². The van der Waals surface area contributed by atoms with Crippen molar-refractivity contribution in [2.24, 2.45) is 5.92 Å². The van der Waals surface area contributed by atoms with E-state index in [-0.39, 0.29) is 11.7 Å². The average Bonchev–Trinajstić information content (AvgIpc) is 2.76. The van der Waals surface area contributed by atoms with Crippen LogP contribution in [0.15, 0.2) is 72.3 Å². The van der Waals surface area contributed by atoms with Crippen molar-refractivity contribution < 1.29 is 19.5 Å². The fourth-order valence-electron chi connectivity index (χ4n) is 2.73. The van der Waals surface area contributed by atoms with Crippen molar-refractivity contribution in [1.29, 1.82) is 0 Å². The predicted octanol–water partition coefficient (Wildman–Crippen LogP) is 4.13. The maximum atomic E-state index is 12.6. The van der Waals surface area contributed by atoms with E-state index in [4.69, 9.17) is 9.94 Å². The summed E-state index contributed by atoms with van der Waals surface area (Å²) in [6.07, 6.45) is 4.52. The lowest BCUT2D eigenvalue weighted by atomic mass is 9.97. The van der Waals surface area contributed by atoms with E-state index in [1.165, 1.54) is 11.6 Å². The minimum absolute atomic E-state index is 0.00827. The fourth-order valence-corrected chi connectivity index (χ4v) is 2.73. The molecule has 2 rings (SSSR count). The van der Waals surface area contributed by atoms with Gasteiger partial charge in [-0.15, -0.1) is 0 Å². The van der Waals surface area contributed by atoms with Crippen LogP contribution in [0.5, 0.6) is 5.75 Å². The highest BCUT2D eigenvalue weighted by Gasteiger charge is 2.13. The van der Waals surface area contributed by atoms with E-state index in [1.54, 1.807) is 38.3 Å². The van der Waals surface area contributed by atoms with Crippen molar-refractivity contribution >= 4 is 17.4 Å². The first kappa shape index (κ1) is 21.9. The Morgan fingerprint density at radius 3 is 2.31 bits per heavy atom. The van der Waals surface area contributed by atoms with Crippen LogP contribution < -0.4 is 15.5 Å². The summed E-state index contributed by atoms with van der Waals surface area (Å²) in [5.41, 5.74) is 4.95. The van der Waals surface area contributed by atoms with Gasteiger partial charge < -0.3 is 10.1 Å². The van der Waals surface area contributed by atoms with Gasteiger partial charge in [0.2, 0.25) is 0 Å². The lowest BCUT2D eigenvalue weighted by molar-refractivity contribution is -0.124. The molecule has 0 aliphatic rings. The number of carbonyl (C=O) groups is 2. The van der Waals surface area contributed by atoms with E-state index in [2.05, 4.69) is 5.32 Å². The number of rotatable bonds is 9. The number of hydrogen-bond acceptors (Lipinski definition) is 5. The van der Waals surface area contributed by atoms with E-state index in [9.17, 15) is 9.59 Å². The summed E-state index contributed by atoms with van der Waals surface area (Å²) in [4.78, 5) is 23.6. The summed E-state index contributed by atoms with van der Waals surface area (Å²) in [5, 5.41) is 11.8. The van der Waals surface area contributed by atoms with E-state index >= 15 is 0 Å². The fraction of sp³-hybridized carbons (Fsp3) is 0.217. The first-order chi connectivity index (χ1) is 13.9. The zero-order valence-corrected chi connectivity index (χ0v) is 16.8. The third kappa shape index (κ3) is 6.93. The Balaban J connectivity index is 1.94. The van der Waals surface area contributed by atoms with Crippen molar-refractivity contribution in [2.75, 3.05) is 12.4 Å². The van der Waals surface area contributed by atoms with E-state index in [0.717, 1.165) is 22.6 Å². The second-order valence-electron chi connectivity index (χ2n) is 6.65. The highest BCUT2D eigenvalue weighted by atomic mass is 16.5. The molecule has 6 nitrogen and oxygen atoms in total. The summed E-state index contributed by atoms with van der Waals surface area (Å²) in [7, 11) is 1.64. The normalized spacial score (nSPS) is 12.5. The number of benzene rings is 2. The number of ketones is 1. The van der Waals surface area contributed by atoms with Gasteiger partial charge in [-0.05, 0) is 48.9 Å². The lowest BCUT2D eigenvalue weighted by Crippen LogP contribution is -2.15. The summed E-state index contributed by atoms with van der Waals surface area (Å²) in [6, 6.07) is 15.2. The molecule has 0 saturated heterocycles. The minimum Gasteiger partial charge on any atom is -0.497 e. The van der Waals surface area contributed by atoms with Crippen LogP contribution in [0.25, 0.3) is 0 Å². The van der Waals surface area contributed by atoms with Crippen LogP contribution in [0.4, 0.5) is 5.69 Å². The average molecular weight is 394 g/mol. The van der Waals surface area contributed by atoms with Gasteiger partial charge in [0.25, 0.3) is 5.91 Å². The van der Waals surface area contributed by atoms with Gasteiger partial charge in [0.15, 0.2) is 5.78 Å². The number of carbonyl (C=O) groups excluding carboxylic acids is 2. The molecule has 29 heavy (non-hydrogen) atoms. The number of allylic oxidation sites excluding steroid dienone is 3. The van der Waals surface area contributed by atoms with Crippen LogP contribution in [0.1, 0.15) is 29.8 Å². The molecule has 1 amide bonds. The topological polar surface area (TPSA) is 87.7 Å². The maximum Gasteiger partial charge on any atom is 0.267 e. The zero-order chi connectivity index (χ0) is 21.2. The summed E-state index contributed by atoms with van der Waals surface area (Å²) in [6.45, 7) is 4.27. The minimum atomic E-state index is -0.616. The van der Waals surface area contributed by atoms with Crippen molar-refractivity contribution in [3.05, 3.63) is 83.5 Å². The number of ether oxygens (including phenoxy) is 1. The molecule has 2 aromatic carbocycles. The van der Waals surface area contributed by atoms with E-state index in [1.807, 2.05) is 43.3 Å². The van der Waals surface area contributed by atoms with Gasteiger partial charge >= 0.3 is 0 Å². The lowest BCUT2D eigenvalue weighted by Gasteiger charge is -2.10. The molecule has 0 aliphatic heterocycles. The maximum absolute atomic E-state index is 12.6. The molecule has 0 radical (unpaired) electrons. The van der Waals surface area contributed by atoms with Crippen molar-refractivity contribution in [3.63, 3.8) is 0 Å². The van der Waals surface area contributed by atoms with Crippen molar-refractivity contribution in [1.82, 2.24) is 5.48 Å². The molecule has 3 N–H and O–H groups in total. The number of anilines is 1. The highest BCUT2D eigenvalue weighted by molar-refractivity contribution is 5.99. The quantitative estimate of drug-likeness (QED) is 0.196. The Bertz CT molecular complexity index is 884. The number of methoxy groups -OCH3 is 1. The van der Waals surface area contributed by atoms with Crippen LogP contribution in [-0.2, 0) is 11.3 Å². The van der Waals surface area contributed by atoms with Gasteiger partial charge in [-0.1, -0.05) is 36.8 Å². The Kier molecular flexibility index (Phi) is 8.18. The number of Topliss-reactive ketones (excluding diaryl/α,β-unsaturated/α-hetero) is 1. The second-order valence-corrected chi connectivity index (χ2v) is 6.65. The molecule has 0 heterocycles. The molecule has 0 fully saturated rings. The van der Waals surface area contributed by atoms with Crippen molar-refractivity contribution in [2.45, 2.75) is 20.4 Å². The van der Waals surface area contributed by atoms with Crippen LogP contribution >= 0.6 is 0 Å². The second kappa shape index (κ2) is 10.8. The highest BCUT2D eigenvalue weighted by Crippen LogP contribution is 2.17. The van der Waals surface area contributed by atoms with Crippen LogP contribution in [0, 0.1) is 5.92 Å². The molecule has 1 atom stereocenters. The molecule has 2 aromatic rings. The van der Waals surface area contributed by atoms with Gasteiger partial charge in [0.1, 0.15) is 5.75 Å². The third-order valence-corrected chi connectivity index (χ3v) is 4.36. The summed E-state index contributed by atoms with van der Waals surface area (Å²) >= 11 is 0. The molecule has 0 unspecified atom stereocenters. The molecule has 0 aliphatic carbocycles. The molecule has 0 saturated carbocycles. The van der Waals surface area contributed by atoms with Gasteiger partial charge in [-0.25, -0.2) is 5.48 Å². The summed E-state index contributed by atoms with van der Waals surface area (Å²) < 4.78 is 5.15. The molecular formula is C23H26N2O4. The van der Waals surface area contributed by atoms with E-state index in [0.29, 0.717) is 12.1 Å². The number of hydroxylamine groups is 1. The molecule has 6 heteroatoms. The number of amides is 1. The molecular weight excluding hydrogens is 368 g/mol. The zero-order valence-electron chi connectivity index (χ0n) is 16.8. The number of nitrogens with one attached hydrogen (secondary N) is 2. The largest absolute Gasteiger partial charge is 0.497 e. The Hall–Kier alpha value is -3.38. The molecule has 0 bridgehead atoms. The number of hydrogen-bond donors (Lipinski definition) is 3. The SMILES string of the molecule is COc1ccc(CNc2ccc(C(=O)[C@H](C)C=C(C)C=CC(=O)NO)cc2)cc1. The smallest absolute Gasteiger partial charge is 0.267 e. The van der Waals surface area contributed by atoms with Gasteiger partial charge in [0, 0.05) is 29.8 Å².